The zero-order valence-corrected chi connectivity index (χ0v) is 16.9. The van der Waals surface area contributed by atoms with Crippen molar-refractivity contribution in [3.8, 4) is 5.69 Å². The molecule has 3 heterocycles. The predicted molar refractivity (Wildman–Crippen MR) is 110 cm³/mol. The highest BCUT2D eigenvalue weighted by Gasteiger charge is 2.29. The highest BCUT2D eigenvalue weighted by Crippen LogP contribution is 2.28. The molecule has 31 heavy (non-hydrogen) atoms. The van der Waals surface area contributed by atoms with Crippen LogP contribution in [0, 0.1) is 11.6 Å². The summed E-state index contributed by atoms with van der Waals surface area (Å²) in [5.41, 5.74) is 2.60. The lowest BCUT2D eigenvalue weighted by Crippen LogP contribution is -2.45. The Bertz CT molecular complexity index is 1110. The lowest BCUT2D eigenvalue weighted by Gasteiger charge is -2.32. The SMILES string of the molecule is O=C(NC1CCN(c2ncccn2)CC1)c1nn(-c2ccc(F)c(F)c2)c2c1CCC2. The third kappa shape index (κ3) is 3.75. The highest BCUT2D eigenvalue weighted by atomic mass is 19.2. The van der Waals surface area contributed by atoms with Crippen LogP contribution in [0.3, 0.4) is 0 Å². The van der Waals surface area contributed by atoms with Gasteiger partial charge in [-0.25, -0.2) is 23.4 Å². The molecule has 1 saturated heterocycles. The molecule has 1 aliphatic heterocycles. The van der Waals surface area contributed by atoms with E-state index in [1.54, 1.807) is 23.1 Å². The number of piperidine rings is 1. The van der Waals surface area contributed by atoms with Crippen molar-refractivity contribution in [3.63, 3.8) is 0 Å². The van der Waals surface area contributed by atoms with Gasteiger partial charge in [-0.1, -0.05) is 0 Å². The maximum absolute atomic E-state index is 13.7. The fraction of sp³-hybridized carbons (Fsp3) is 0.364. The Kier molecular flexibility index (Phi) is 5.09. The smallest absolute Gasteiger partial charge is 0.272 e. The first kappa shape index (κ1) is 19.6. The Morgan fingerprint density at radius 3 is 2.58 bits per heavy atom. The molecule has 7 nitrogen and oxygen atoms in total. The second-order valence-corrected chi connectivity index (χ2v) is 7.92. The molecule has 2 aliphatic rings. The number of anilines is 1. The second-order valence-electron chi connectivity index (χ2n) is 7.92. The van der Waals surface area contributed by atoms with Gasteiger partial charge in [-0.05, 0) is 50.3 Å². The molecule has 1 aromatic carbocycles. The second kappa shape index (κ2) is 8.05. The first-order chi connectivity index (χ1) is 15.1. The normalized spacial score (nSPS) is 16.4. The van der Waals surface area contributed by atoms with E-state index in [-0.39, 0.29) is 11.9 Å². The average molecular weight is 424 g/mol. The Hall–Kier alpha value is -3.36. The summed E-state index contributed by atoms with van der Waals surface area (Å²) in [6.07, 6.45) is 7.44. The van der Waals surface area contributed by atoms with E-state index in [1.165, 1.54) is 6.07 Å². The van der Waals surface area contributed by atoms with Crippen LogP contribution in [-0.4, -0.2) is 44.8 Å². The summed E-state index contributed by atoms with van der Waals surface area (Å²) in [6, 6.07) is 5.50. The van der Waals surface area contributed by atoms with Crippen LogP contribution in [0.5, 0.6) is 0 Å². The van der Waals surface area contributed by atoms with Gasteiger partial charge in [0.15, 0.2) is 17.3 Å². The maximum atomic E-state index is 13.7. The lowest BCUT2D eigenvalue weighted by atomic mass is 10.0. The number of nitrogens with one attached hydrogen (secondary N) is 1. The number of benzene rings is 1. The number of aromatic nitrogens is 4. The monoisotopic (exact) mass is 424 g/mol. The first-order valence-corrected chi connectivity index (χ1v) is 10.5. The number of amides is 1. The molecule has 160 valence electrons. The first-order valence-electron chi connectivity index (χ1n) is 10.5. The van der Waals surface area contributed by atoms with Gasteiger partial charge in [0.2, 0.25) is 5.95 Å². The molecule has 9 heteroatoms. The molecule has 0 atom stereocenters. The maximum Gasteiger partial charge on any atom is 0.272 e. The molecule has 1 amide bonds. The molecule has 1 fully saturated rings. The molecule has 0 unspecified atom stereocenters. The van der Waals surface area contributed by atoms with Crippen molar-refractivity contribution < 1.29 is 13.6 Å². The molecule has 3 aromatic rings. The van der Waals surface area contributed by atoms with Gasteiger partial charge in [0, 0.05) is 48.8 Å². The number of nitrogens with zero attached hydrogens (tertiary/aromatic N) is 5. The number of carbonyl (C=O) groups is 1. The third-order valence-electron chi connectivity index (χ3n) is 5.96. The molecule has 5 rings (SSSR count). The Morgan fingerprint density at radius 1 is 1.06 bits per heavy atom. The topological polar surface area (TPSA) is 75.9 Å². The van der Waals surface area contributed by atoms with Gasteiger partial charge in [-0.3, -0.25) is 4.79 Å². The summed E-state index contributed by atoms with van der Waals surface area (Å²) >= 11 is 0. The van der Waals surface area contributed by atoms with Crippen molar-refractivity contribution in [2.45, 2.75) is 38.1 Å². The molecule has 2 aromatic heterocycles. The summed E-state index contributed by atoms with van der Waals surface area (Å²) in [6.45, 7) is 1.52. The largest absolute Gasteiger partial charge is 0.348 e. The molecule has 1 N–H and O–H groups in total. The molecule has 0 saturated carbocycles. The van der Waals surface area contributed by atoms with Crippen LogP contribution in [0.4, 0.5) is 14.7 Å². The zero-order valence-electron chi connectivity index (χ0n) is 16.9. The fourth-order valence-corrected chi connectivity index (χ4v) is 4.38. The number of rotatable bonds is 4. The Balaban J connectivity index is 1.31. The van der Waals surface area contributed by atoms with Crippen molar-refractivity contribution in [1.82, 2.24) is 25.1 Å². The molecular weight excluding hydrogens is 402 g/mol. The highest BCUT2D eigenvalue weighted by molar-refractivity contribution is 5.94. The number of halogens is 2. The van der Waals surface area contributed by atoms with E-state index >= 15 is 0 Å². The summed E-state index contributed by atoms with van der Waals surface area (Å²) in [7, 11) is 0. The van der Waals surface area contributed by atoms with E-state index in [2.05, 4.69) is 25.3 Å². The standard InChI is InChI=1S/C22H22F2N6O/c23-17-6-5-15(13-18(17)24)30-19-4-1-3-16(19)20(28-30)21(31)27-14-7-11-29(12-8-14)22-25-9-2-10-26-22/h2,5-6,9-10,13-14H,1,3-4,7-8,11-12H2,(H,27,31). The lowest BCUT2D eigenvalue weighted by molar-refractivity contribution is 0.0924. The third-order valence-corrected chi connectivity index (χ3v) is 5.96. The number of hydrogen-bond donors (Lipinski definition) is 1. The zero-order chi connectivity index (χ0) is 21.4. The molecule has 0 spiro atoms. The minimum Gasteiger partial charge on any atom is -0.348 e. The van der Waals surface area contributed by atoms with Crippen LogP contribution >= 0.6 is 0 Å². The Labute approximate surface area is 178 Å². The van der Waals surface area contributed by atoms with E-state index < -0.39 is 11.6 Å². The van der Waals surface area contributed by atoms with Crippen molar-refractivity contribution >= 4 is 11.9 Å². The summed E-state index contributed by atoms with van der Waals surface area (Å²) in [5.74, 6) is -1.35. The van der Waals surface area contributed by atoms with Crippen LogP contribution in [0.15, 0.2) is 36.7 Å². The van der Waals surface area contributed by atoms with Crippen molar-refractivity contribution in [3.05, 3.63) is 65.2 Å². The van der Waals surface area contributed by atoms with Crippen LogP contribution in [0.1, 0.15) is 41.0 Å². The summed E-state index contributed by atoms with van der Waals surface area (Å²) in [4.78, 5) is 23.7. The van der Waals surface area contributed by atoms with Crippen molar-refractivity contribution in [2.75, 3.05) is 18.0 Å². The van der Waals surface area contributed by atoms with E-state index in [4.69, 9.17) is 0 Å². The summed E-state index contributed by atoms with van der Waals surface area (Å²) in [5, 5.41) is 7.59. The van der Waals surface area contributed by atoms with Gasteiger partial charge in [-0.15, -0.1) is 0 Å². The Morgan fingerprint density at radius 2 is 1.84 bits per heavy atom. The van der Waals surface area contributed by atoms with E-state index in [0.717, 1.165) is 68.6 Å². The molecule has 0 bridgehead atoms. The van der Waals surface area contributed by atoms with Gasteiger partial charge in [-0.2, -0.15) is 5.10 Å². The molecule has 1 aliphatic carbocycles. The van der Waals surface area contributed by atoms with Gasteiger partial charge in [0.05, 0.1) is 5.69 Å². The van der Waals surface area contributed by atoms with Gasteiger partial charge in [0.25, 0.3) is 5.91 Å². The van der Waals surface area contributed by atoms with Crippen LogP contribution in [-0.2, 0) is 12.8 Å². The molecular formula is C22H22F2N6O. The number of carbonyl (C=O) groups excluding carboxylic acids is 1. The van der Waals surface area contributed by atoms with E-state index in [0.29, 0.717) is 17.3 Å². The van der Waals surface area contributed by atoms with Gasteiger partial charge in [0.1, 0.15) is 0 Å². The number of hydrogen-bond acceptors (Lipinski definition) is 5. The minimum atomic E-state index is -0.931. The fourth-order valence-electron chi connectivity index (χ4n) is 4.38. The van der Waals surface area contributed by atoms with E-state index in [9.17, 15) is 13.6 Å². The average Bonchev–Trinajstić information content (AvgIpc) is 3.40. The summed E-state index contributed by atoms with van der Waals surface area (Å²) < 4.78 is 28.7. The van der Waals surface area contributed by atoms with Crippen molar-refractivity contribution in [2.24, 2.45) is 0 Å². The van der Waals surface area contributed by atoms with Crippen LogP contribution in [0.25, 0.3) is 5.69 Å². The van der Waals surface area contributed by atoms with Gasteiger partial charge >= 0.3 is 0 Å². The van der Waals surface area contributed by atoms with Crippen LogP contribution < -0.4 is 10.2 Å². The number of fused-ring (bicyclic) bond motifs is 1. The van der Waals surface area contributed by atoms with E-state index in [1.807, 2.05) is 0 Å². The molecule has 0 radical (unpaired) electrons. The van der Waals surface area contributed by atoms with Gasteiger partial charge < -0.3 is 10.2 Å². The van der Waals surface area contributed by atoms with Crippen LogP contribution in [0.2, 0.25) is 0 Å². The predicted octanol–water partition coefficient (Wildman–Crippen LogP) is 2.83. The van der Waals surface area contributed by atoms with Crippen molar-refractivity contribution in [1.29, 1.82) is 0 Å². The minimum absolute atomic E-state index is 0.0398. The quantitative estimate of drug-likeness (QED) is 0.697.